The monoisotopic (exact) mass is 471 g/mol. The topological polar surface area (TPSA) is 62.3 Å². The van der Waals surface area contributed by atoms with Gasteiger partial charge in [0.05, 0.1) is 17.5 Å². The molecule has 1 aliphatic carbocycles. The molecule has 0 spiro atoms. The number of rotatable bonds is 6. The van der Waals surface area contributed by atoms with Gasteiger partial charge in [-0.1, -0.05) is 19.3 Å². The fraction of sp³-hybridized carbons (Fsp3) is 0.348. The van der Waals surface area contributed by atoms with Crippen LogP contribution in [0.15, 0.2) is 36.5 Å². The van der Waals surface area contributed by atoms with E-state index in [1.807, 2.05) is 0 Å². The summed E-state index contributed by atoms with van der Waals surface area (Å²) in [6.07, 6.45) is -5.55. The third-order valence-electron chi connectivity index (χ3n) is 5.81. The molecule has 1 heterocycles. The summed E-state index contributed by atoms with van der Waals surface area (Å²) in [7, 11) is 0. The van der Waals surface area contributed by atoms with Crippen LogP contribution in [0.3, 0.4) is 0 Å². The van der Waals surface area contributed by atoms with Crippen molar-refractivity contribution in [3.8, 4) is 11.5 Å². The molecule has 0 radical (unpaired) electrons. The van der Waals surface area contributed by atoms with E-state index in [4.69, 9.17) is 9.84 Å². The summed E-state index contributed by atoms with van der Waals surface area (Å²) < 4.78 is 87.4. The summed E-state index contributed by atoms with van der Waals surface area (Å²) in [6, 6.07) is 5.02. The summed E-state index contributed by atoms with van der Waals surface area (Å²) in [4.78, 5) is 14.0. The predicted molar refractivity (Wildman–Crippen MR) is 107 cm³/mol. The van der Waals surface area contributed by atoms with Gasteiger partial charge in [-0.05, 0) is 53.8 Å². The average Bonchev–Trinajstić information content (AvgIpc) is 3.05. The molecule has 0 atom stereocenters. The van der Waals surface area contributed by atoms with Gasteiger partial charge in [0.2, 0.25) is 0 Å². The Bertz CT molecular complexity index is 1160. The van der Waals surface area contributed by atoms with E-state index in [9.17, 15) is 31.1 Å². The van der Waals surface area contributed by atoms with E-state index in [1.165, 1.54) is 18.2 Å². The van der Waals surface area contributed by atoms with Crippen LogP contribution in [0.5, 0.6) is 11.5 Å². The third-order valence-corrected chi connectivity index (χ3v) is 5.81. The van der Waals surface area contributed by atoms with Gasteiger partial charge >= 0.3 is 18.3 Å². The van der Waals surface area contributed by atoms with Gasteiger partial charge in [-0.15, -0.1) is 0 Å². The number of hydrogen-bond acceptors (Lipinski definition) is 2. The second-order valence-electron chi connectivity index (χ2n) is 8.21. The smallest absolute Gasteiger partial charge is 0.420 e. The largest absolute Gasteiger partial charge is 0.481 e. The number of halogens is 6. The summed E-state index contributed by atoms with van der Waals surface area (Å²) in [6.45, 7) is 0. The van der Waals surface area contributed by atoms with Gasteiger partial charge in [-0.25, -0.2) is 0 Å². The Kier molecular flexibility index (Phi) is 5.79. The van der Waals surface area contributed by atoms with Gasteiger partial charge in [0, 0.05) is 17.1 Å². The second kappa shape index (κ2) is 8.31. The minimum absolute atomic E-state index is 0.182. The van der Waals surface area contributed by atoms with Crippen LogP contribution in [0.1, 0.15) is 41.5 Å². The Hall–Kier alpha value is -3.17. The molecule has 1 fully saturated rings. The fourth-order valence-electron chi connectivity index (χ4n) is 4.01. The highest BCUT2D eigenvalue weighted by Crippen LogP contribution is 2.47. The lowest BCUT2D eigenvalue weighted by molar-refractivity contribution is -0.145. The number of aromatic nitrogens is 1. The van der Waals surface area contributed by atoms with Gasteiger partial charge in [0.25, 0.3) is 0 Å². The molecule has 0 amide bonds. The van der Waals surface area contributed by atoms with E-state index in [1.54, 1.807) is 6.20 Å². The zero-order valence-corrected chi connectivity index (χ0v) is 17.1. The molecule has 0 aliphatic heterocycles. The molecule has 2 N–H and O–H groups in total. The first kappa shape index (κ1) is 23.0. The van der Waals surface area contributed by atoms with Crippen LogP contribution in [-0.4, -0.2) is 16.1 Å². The van der Waals surface area contributed by atoms with Crippen LogP contribution in [0.25, 0.3) is 10.9 Å². The Labute approximate surface area is 184 Å². The second-order valence-corrected chi connectivity index (χ2v) is 8.21. The molecule has 0 saturated heterocycles. The molecule has 0 unspecified atom stereocenters. The number of nitrogens with one attached hydrogen (secondary N) is 1. The Morgan fingerprint density at radius 2 is 1.67 bits per heavy atom. The number of ether oxygens (including phenoxy) is 1. The molecular formula is C23H19F6NO3. The third kappa shape index (κ3) is 4.94. The zero-order chi connectivity index (χ0) is 24.0. The van der Waals surface area contributed by atoms with Gasteiger partial charge in [-0.2, -0.15) is 26.3 Å². The minimum atomic E-state index is -5.20. The number of aromatic amines is 1. The predicted octanol–water partition coefficient (Wildman–Crippen LogP) is 6.97. The van der Waals surface area contributed by atoms with Crippen LogP contribution in [0.4, 0.5) is 26.3 Å². The molecule has 33 heavy (non-hydrogen) atoms. The van der Waals surface area contributed by atoms with Crippen LogP contribution in [-0.2, 0) is 30.0 Å². The number of carboxylic acid groups (broad SMARTS) is 1. The molecule has 4 nitrogen and oxygen atoms in total. The van der Waals surface area contributed by atoms with E-state index in [0.29, 0.717) is 29.0 Å². The highest BCUT2D eigenvalue weighted by molar-refractivity contribution is 5.84. The molecule has 2 aromatic carbocycles. The molecule has 176 valence electrons. The lowest BCUT2D eigenvalue weighted by Gasteiger charge is -2.25. The number of hydrogen-bond donors (Lipinski definition) is 2. The number of fused-ring (bicyclic) bond motifs is 1. The van der Waals surface area contributed by atoms with Crippen LogP contribution >= 0.6 is 0 Å². The SMILES string of the molecule is O=C(O)Cc1cc(C(F)(F)F)c(Oc2ccc3[nH]cc(CC4CCC4)c3c2)c(C(F)(F)F)c1. The van der Waals surface area contributed by atoms with Crippen molar-refractivity contribution in [3.05, 3.63) is 58.8 Å². The molecule has 1 aromatic heterocycles. The van der Waals surface area contributed by atoms with Gasteiger partial charge in [0.15, 0.2) is 5.75 Å². The summed E-state index contributed by atoms with van der Waals surface area (Å²) in [5.74, 6) is -2.63. The van der Waals surface area contributed by atoms with E-state index in [0.717, 1.165) is 31.2 Å². The van der Waals surface area contributed by atoms with Crippen molar-refractivity contribution in [2.75, 3.05) is 0 Å². The number of H-pyrrole nitrogens is 1. The van der Waals surface area contributed by atoms with Gasteiger partial charge < -0.3 is 14.8 Å². The Morgan fingerprint density at radius 3 is 2.18 bits per heavy atom. The van der Waals surface area contributed by atoms with E-state index in [2.05, 4.69) is 4.98 Å². The molecular weight excluding hydrogens is 452 g/mol. The fourth-order valence-corrected chi connectivity index (χ4v) is 4.01. The van der Waals surface area contributed by atoms with Crippen molar-refractivity contribution in [2.45, 2.75) is 44.5 Å². The lowest BCUT2D eigenvalue weighted by Crippen LogP contribution is -2.16. The van der Waals surface area contributed by atoms with E-state index in [-0.39, 0.29) is 5.75 Å². The van der Waals surface area contributed by atoms with Crippen LogP contribution < -0.4 is 4.74 Å². The van der Waals surface area contributed by atoms with Crippen molar-refractivity contribution in [1.82, 2.24) is 4.98 Å². The molecule has 1 saturated carbocycles. The molecule has 10 heteroatoms. The highest BCUT2D eigenvalue weighted by atomic mass is 19.4. The summed E-state index contributed by atoms with van der Waals surface area (Å²) in [5.41, 5.74) is -2.38. The maximum absolute atomic E-state index is 13.7. The standard InChI is InChI=1S/C23H19F6NO3/c24-22(25,26)17-7-13(9-20(31)32)8-18(23(27,28)29)21(17)33-15-4-5-19-16(10-15)14(11-30-19)6-12-2-1-3-12/h4-5,7-8,10-12,30H,1-3,6,9H2,(H,31,32). The molecule has 1 aliphatic rings. The maximum atomic E-state index is 13.7. The first-order valence-corrected chi connectivity index (χ1v) is 10.2. The van der Waals surface area contributed by atoms with Crippen LogP contribution in [0.2, 0.25) is 0 Å². The van der Waals surface area contributed by atoms with Crippen molar-refractivity contribution >= 4 is 16.9 Å². The highest BCUT2D eigenvalue weighted by Gasteiger charge is 2.43. The number of benzene rings is 2. The maximum Gasteiger partial charge on any atom is 0.420 e. The number of carbonyl (C=O) groups is 1. The zero-order valence-electron chi connectivity index (χ0n) is 17.1. The number of alkyl halides is 6. The normalized spacial score (nSPS) is 15.0. The molecule has 4 rings (SSSR count). The molecule has 3 aromatic rings. The first-order valence-electron chi connectivity index (χ1n) is 10.2. The van der Waals surface area contributed by atoms with Crippen molar-refractivity contribution in [1.29, 1.82) is 0 Å². The molecule has 0 bridgehead atoms. The Morgan fingerprint density at radius 1 is 1.03 bits per heavy atom. The Balaban J connectivity index is 1.79. The van der Waals surface area contributed by atoms with Crippen LogP contribution in [0, 0.1) is 5.92 Å². The van der Waals surface area contributed by atoms with Crippen molar-refractivity contribution in [2.24, 2.45) is 5.92 Å². The van der Waals surface area contributed by atoms with E-state index < -0.39 is 47.2 Å². The average molecular weight is 471 g/mol. The first-order chi connectivity index (χ1) is 15.4. The quantitative estimate of drug-likeness (QED) is 0.382. The van der Waals surface area contributed by atoms with E-state index >= 15 is 0 Å². The summed E-state index contributed by atoms with van der Waals surface area (Å²) in [5, 5.41) is 9.52. The van der Waals surface area contributed by atoms with Gasteiger partial charge in [0.1, 0.15) is 5.75 Å². The number of aliphatic carboxylic acids is 1. The summed E-state index contributed by atoms with van der Waals surface area (Å²) >= 11 is 0. The van der Waals surface area contributed by atoms with Crippen molar-refractivity contribution in [3.63, 3.8) is 0 Å². The number of carboxylic acids is 1. The minimum Gasteiger partial charge on any atom is -0.481 e. The lowest BCUT2D eigenvalue weighted by atomic mass is 9.81. The van der Waals surface area contributed by atoms with Crippen molar-refractivity contribution < 1.29 is 41.0 Å². The van der Waals surface area contributed by atoms with Gasteiger partial charge in [-0.3, -0.25) is 4.79 Å².